The standard InChI is InChI=1S/C16H14F3NO2/c1-10-5-6-20-8-14(10)12-3-4-15(13(7-12)11(2)21)22-9-16(17,18)19/h3-8H,9H2,1-2H3. The molecule has 0 saturated carbocycles. The first-order chi connectivity index (χ1) is 10.3. The number of ketones is 1. The Morgan fingerprint density at radius 2 is 2.00 bits per heavy atom. The van der Waals surface area contributed by atoms with Crippen molar-refractivity contribution in [3.8, 4) is 16.9 Å². The minimum Gasteiger partial charge on any atom is -0.483 e. The van der Waals surface area contributed by atoms with Gasteiger partial charge in [-0.3, -0.25) is 9.78 Å². The molecule has 3 nitrogen and oxygen atoms in total. The summed E-state index contributed by atoms with van der Waals surface area (Å²) < 4.78 is 41.5. The maximum atomic E-state index is 12.3. The quantitative estimate of drug-likeness (QED) is 0.795. The molecule has 0 N–H and O–H groups in total. The first kappa shape index (κ1) is 16.0. The molecular formula is C16H14F3NO2. The summed E-state index contributed by atoms with van der Waals surface area (Å²) in [7, 11) is 0. The second-order valence-corrected chi connectivity index (χ2v) is 4.86. The molecule has 1 aromatic carbocycles. The maximum Gasteiger partial charge on any atom is 0.422 e. The number of Topliss-reactive ketones (excluding diaryl/α,β-unsaturated/α-hetero) is 1. The summed E-state index contributed by atoms with van der Waals surface area (Å²) in [5.74, 6) is -0.435. The van der Waals surface area contributed by atoms with Gasteiger partial charge in [0.1, 0.15) is 5.75 Å². The Balaban J connectivity index is 2.40. The molecule has 1 heterocycles. The molecular weight excluding hydrogens is 295 g/mol. The van der Waals surface area contributed by atoms with E-state index in [9.17, 15) is 18.0 Å². The number of ether oxygens (including phenoxy) is 1. The number of hydrogen-bond acceptors (Lipinski definition) is 3. The number of aromatic nitrogens is 1. The molecule has 0 unspecified atom stereocenters. The number of alkyl halides is 3. The van der Waals surface area contributed by atoms with Gasteiger partial charge in [-0.25, -0.2) is 0 Å². The van der Waals surface area contributed by atoms with E-state index in [0.717, 1.165) is 11.1 Å². The Kier molecular flexibility index (Phi) is 4.49. The number of halogens is 3. The summed E-state index contributed by atoms with van der Waals surface area (Å²) in [6, 6.07) is 6.33. The van der Waals surface area contributed by atoms with Gasteiger partial charge in [0.15, 0.2) is 12.4 Å². The first-order valence-electron chi connectivity index (χ1n) is 6.53. The van der Waals surface area contributed by atoms with Crippen LogP contribution in [0.25, 0.3) is 11.1 Å². The molecule has 0 amide bonds. The van der Waals surface area contributed by atoms with Crippen LogP contribution in [0.3, 0.4) is 0 Å². The Hall–Kier alpha value is -2.37. The van der Waals surface area contributed by atoms with E-state index in [4.69, 9.17) is 4.74 Å². The lowest BCUT2D eigenvalue weighted by atomic mass is 9.99. The third-order valence-electron chi connectivity index (χ3n) is 3.10. The van der Waals surface area contributed by atoms with Crippen LogP contribution in [0.2, 0.25) is 0 Å². The van der Waals surface area contributed by atoms with Crippen molar-refractivity contribution < 1.29 is 22.7 Å². The molecule has 6 heteroatoms. The van der Waals surface area contributed by atoms with Crippen LogP contribution in [0.5, 0.6) is 5.75 Å². The molecule has 0 aliphatic rings. The Bertz CT molecular complexity index is 696. The van der Waals surface area contributed by atoms with Crippen molar-refractivity contribution in [2.75, 3.05) is 6.61 Å². The highest BCUT2D eigenvalue weighted by Crippen LogP contribution is 2.29. The van der Waals surface area contributed by atoms with E-state index in [-0.39, 0.29) is 17.1 Å². The van der Waals surface area contributed by atoms with E-state index < -0.39 is 12.8 Å². The summed E-state index contributed by atoms with van der Waals surface area (Å²) in [5.41, 5.74) is 2.58. The fraction of sp³-hybridized carbons (Fsp3) is 0.250. The average molecular weight is 309 g/mol. The van der Waals surface area contributed by atoms with E-state index in [1.807, 2.05) is 13.0 Å². The zero-order valence-electron chi connectivity index (χ0n) is 12.1. The van der Waals surface area contributed by atoms with Crippen LogP contribution in [-0.2, 0) is 0 Å². The smallest absolute Gasteiger partial charge is 0.422 e. The van der Waals surface area contributed by atoms with Crippen LogP contribution < -0.4 is 4.74 Å². The van der Waals surface area contributed by atoms with Gasteiger partial charge in [-0.1, -0.05) is 6.07 Å². The fourth-order valence-corrected chi connectivity index (χ4v) is 2.02. The second-order valence-electron chi connectivity index (χ2n) is 4.86. The zero-order chi connectivity index (χ0) is 16.3. The molecule has 0 atom stereocenters. The molecule has 0 aliphatic carbocycles. The normalized spacial score (nSPS) is 11.3. The third-order valence-corrected chi connectivity index (χ3v) is 3.10. The van der Waals surface area contributed by atoms with Crippen molar-refractivity contribution in [3.63, 3.8) is 0 Å². The van der Waals surface area contributed by atoms with E-state index in [0.29, 0.717) is 5.56 Å². The predicted molar refractivity (Wildman–Crippen MR) is 76.0 cm³/mol. The molecule has 1 aromatic heterocycles. The Morgan fingerprint density at radius 1 is 1.27 bits per heavy atom. The average Bonchev–Trinajstić information content (AvgIpc) is 2.44. The Labute approximate surface area is 125 Å². The van der Waals surface area contributed by atoms with Gasteiger partial charge < -0.3 is 4.74 Å². The van der Waals surface area contributed by atoms with Crippen LogP contribution in [0, 0.1) is 6.92 Å². The van der Waals surface area contributed by atoms with E-state index in [1.165, 1.54) is 19.1 Å². The molecule has 116 valence electrons. The molecule has 0 radical (unpaired) electrons. The number of hydrogen-bond donors (Lipinski definition) is 0. The van der Waals surface area contributed by atoms with Gasteiger partial charge in [-0.05, 0) is 43.2 Å². The molecule has 0 fully saturated rings. The molecule has 2 rings (SSSR count). The highest BCUT2D eigenvalue weighted by Gasteiger charge is 2.29. The van der Waals surface area contributed by atoms with Crippen LogP contribution in [-0.4, -0.2) is 23.6 Å². The number of carbonyl (C=O) groups is 1. The second kappa shape index (κ2) is 6.17. The summed E-state index contributed by atoms with van der Waals surface area (Å²) in [5, 5.41) is 0. The van der Waals surface area contributed by atoms with Gasteiger partial charge in [0.05, 0.1) is 5.56 Å². The van der Waals surface area contributed by atoms with Gasteiger partial charge in [-0.2, -0.15) is 13.2 Å². The minimum absolute atomic E-state index is 0.0740. The molecule has 0 saturated heterocycles. The summed E-state index contributed by atoms with van der Waals surface area (Å²) in [6.45, 7) is 1.74. The monoisotopic (exact) mass is 309 g/mol. The molecule has 2 aromatic rings. The van der Waals surface area contributed by atoms with Gasteiger partial charge in [0.25, 0.3) is 0 Å². The lowest BCUT2D eigenvalue weighted by molar-refractivity contribution is -0.153. The molecule has 0 bridgehead atoms. The van der Waals surface area contributed by atoms with Crippen molar-refractivity contribution in [1.29, 1.82) is 0 Å². The molecule has 0 aliphatic heterocycles. The van der Waals surface area contributed by atoms with Gasteiger partial charge in [0, 0.05) is 18.0 Å². The van der Waals surface area contributed by atoms with Gasteiger partial charge in [-0.15, -0.1) is 0 Å². The van der Waals surface area contributed by atoms with Crippen molar-refractivity contribution in [1.82, 2.24) is 4.98 Å². The summed E-state index contributed by atoms with van der Waals surface area (Å²) >= 11 is 0. The number of nitrogens with zero attached hydrogens (tertiary/aromatic N) is 1. The van der Waals surface area contributed by atoms with Crippen LogP contribution in [0.1, 0.15) is 22.8 Å². The van der Waals surface area contributed by atoms with Crippen molar-refractivity contribution >= 4 is 5.78 Å². The lowest BCUT2D eigenvalue weighted by Crippen LogP contribution is -2.20. The zero-order valence-corrected chi connectivity index (χ0v) is 12.1. The highest BCUT2D eigenvalue weighted by molar-refractivity contribution is 5.98. The van der Waals surface area contributed by atoms with Gasteiger partial charge in [0.2, 0.25) is 0 Å². The fourth-order valence-electron chi connectivity index (χ4n) is 2.02. The number of pyridine rings is 1. The van der Waals surface area contributed by atoms with E-state index >= 15 is 0 Å². The first-order valence-corrected chi connectivity index (χ1v) is 6.53. The van der Waals surface area contributed by atoms with Crippen molar-refractivity contribution in [2.45, 2.75) is 20.0 Å². The van der Waals surface area contributed by atoms with E-state index in [1.54, 1.807) is 18.5 Å². The van der Waals surface area contributed by atoms with Crippen LogP contribution in [0.4, 0.5) is 13.2 Å². The largest absolute Gasteiger partial charge is 0.483 e. The number of aryl methyl sites for hydroxylation is 1. The number of carbonyl (C=O) groups excluding carboxylic acids is 1. The minimum atomic E-state index is -4.45. The van der Waals surface area contributed by atoms with Crippen molar-refractivity contribution in [2.24, 2.45) is 0 Å². The van der Waals surface area contributed by atoms with Crippen LogP contribution >= 0.6 is 0 Å². The van der Waals surface area contributed by atoms with Crippen LogP contribution in [0.15, 0.2) is 36.7 Å². The number of benzene rings is 1. The SMILES string of the molecule is CC(=O)c1cc(-c2cnccc2C)ccc1OCC(F)(F)F. The molecule has 0 spiro atoms. The Morgan fingerprint density at radius 3 is 2.59 bits per heavy atom. The maximum absolute atomic E-state index is 12.3. The number of rotatable bonds is 4. The van der Waals surface area contributed by atoms with E-state index in [2.05, 4.69) is 4.98 Å². The summed E-state index contributed by atoms with van der Waals surface area (Å²) in [4.78, 5) is 15.7. The highest BCUT2D eigenvalue weighted by atomic mass is 19.4. The summed E-state index contributed by atoms with van der Waals surface area (Å²) in [6.07, 6.45) is -1.16. The van der Waals surface area contributed by atoms with Gasteiger partial charge >= 0.3 is 6.18 Å². The van der Waals surface area contributed by atoms with Crippen molar-refractivity contribution in [3.05, 3.63) is 47.8 Å². The third kappa shape index (κ3) is 3.84. The topological polar surface area (TPSA) is 39.2 Å². The lowest BCUT2D eigenvalue weighted by Gasteiger charge is -2.13. The predicted octanol–water partition coefficient (Wildman–Crippen LogP) is 4.20. The molecule has 22 heavy (non-hydrogen) atoms.